The molecule has 0 aromatic heterocycles. The molecule has 28 heavy (non-hydrogen) atoms. The van der Waals surface area contributed by atoms with Crippen molar-refractivity contribution in [2.24, 2.45) is 0 Å². The molecule has 3 rings (SSSR count). The van der Waals surface area contributed by atoms with Crippen LogP contribution in [0.1, 0.15) is 49.3 Å². The Bertz CT molecular complexity index is 772. The van der Waals surface area contributed by atoms with E-state index < -0.39 is 0 Å². The zero-order chi connectivity index (χ0) is 19.6. The Morgan fingerprint density at radius 1 is 1.04 bits per heavy atom. The molecular formula is C24H31NO3. The molecule has 0 heterocycles. The maximum Gasteiger partial charge on any atom is 0.257 e. The minimum Gasteiger partial charge on any atom is -0.493 e. The van der Waals surface area contributed by atoms with E-state index in [9.17, 15) is 4.79 Å². The summed E-state index contributed by atoms with van der Waals surface area (Å²) in [5, 5.41) is 2.94. The van der Waals surface area contributed by atoms with Gasteiger partial charge in [-0.2, -0.15) is 0 Å². The van der Waals surface area contributed by atoms with Gasteiger partial charge < -0.3 is 14.8 Å². The minimum atomic E-state index is -0.0757. The molecule has 1 aliphatic carbocycles. The Morgan fingerprint density at radius 2 is 1.86 bits per heavy atom. The molecule has 0 aliphatic heterocycles. The molecule has 1 N–H and O–H groups in total. The fourth-order valence-electron chi connectivity index (χ4n) is 3.57. The predicted molar refractivity (Wildman–Crippen MR) is 112 cm³/mol. The van der Waals surface area contributed by atoms with Crippen LogP contribution < -0.4 is 14.8 Å². The molecule has 1 aliphatic rings. The second-order valence-electron chi connectivity index (χ2n) is 7.34. The van der Waals surface area contributed by atoms with Crippen LogP contribution >= 0.6 is 0 Å². The number of aryl methyl sites for hydroxylation is 3. The highest BCUT2D eigenvalue weighted by molar-refractivity contribution is 5.77. The van der Waals surface area contributed by atoms with Crippen molar-refractivity contribution in [3.05, 3.63) is 59.2 Å². The zero-order valence-electron chi connectivity index (χ0n) is 16.8. The molecule has 1 amide bonds. The molecule has 0 unspecified atom stereocenters. The van der Waals surface area contributed by atoms with Gasteiger partial charge >= 0.3 is 0 Å². The Balaban J connectivity index is 1.37. The first kappa shape index (κ1) is 20.2. The second kappa shape index (κ2) is 10.7. The van der Waals surface area contributed by atoms with Crippen molar-refractivity contribution in [2.75, 3.05) is 19.8 Å². The molecule has 150 valence electrons. The van der Waals surface area contributed by atoms with E-state index in [2.05, 4.69) is 30.4 Å². The second-order valence-corrected chi connectivity index (χ2v) is 7.34. The summed E-state index contributed by atoms with van der Waals surface area (Å²) in [5.74, 6) is 1.66. The third kappa shape index (κ3) is 6.01. The van der Waals surface area contributed by atoms with Gasteiger partial charge in [0, 0.05) is 6.54 Å². The highest BCUT2D eigenvalue weighted by atomic mass is 16.5. The van der Waals surface area contributed by atoms with E-state index in [1.165, 1.54) is 29.5 Å². The number of carbonyl (C=O) groups is 1. The maximum atomic E-state index is 12.1. The van der Waals surface area contributed by atoms with E-state index in [0.717, 1.165) is 50.2 Å². The number of para-hydroxylation sites is 1. The summed E-state index contributed by atoms with van der Waals surface area (Å²) < 4.78 is 11.5. The number of carbonyl (C=O) groups excluding carboxylic acids is 1. The highest BCUT2D eigenvalue weighted by Gasteiger charge is 2.11. The number of ether oxygens (including phenoxy) is 2. The molecule has 2 aromatic rings. The molecule has 0 bridgehead atoms. The lowest BCUT2D eigenvalue weighted by Gasteiger charge is -2.16. The smallest absolute Gasteiger partial charge is 0.257 e. The molecule has 0 saturated heterocycles. The SMILES string of the molecule is CCCOc1ccccc1CCCNC(=O)COc1ccc2c(c1)CCCC2. The van der Waals surface area contributed by atoms with Crippen LogP contribution in [0.4, 0.5) is 0 Å². The summed E-state index contributed by atoms with van der Waals surface area (Å²) >= 11 is 0. The largest absolute Gasteiger partial charge is 0.493 e. The van der Waals surface area contributed by atoms with Crippen LogP contribution in [0.3, 0.4) is 0 Å². The van der Waals surface area contributed by atoms with Crippen molar-refractivity contribution in [2.45, 2.75) is 51.9 Å². The maximum absolute atomic E-state index is 12.1. The van der Waals surface area contributed by atoms with Crippen molar-refractivity contribution in [1.82, 2.24) is 5.32 Å². The molecule has 0 atom stereocenters. The normalized spacial score (nSPS) is 12.9. The number of hydrogen-bond acceptors (Lipinski definition) is 3. The van der Waals surface area contributed by atoms with Gasteiger partial charge in [-0.05, 0) is 79.8 Å². The van der Waals surface area contributed by atoms with E-state index in [1.807, 2.05) is 24.3 Å². The number of nitrogens with one attached hydrogen (secondary N) is 1. The first-order valence-electron chi connectivity index (χ1n) is 10.5. The number of amides is 1. The lowest BCUT2D eigenvalue weighted by atomic mass is 9.92. The van der Waals surface area contributed by atoms with Gasteiger partial charge in [-0.3, -0.25) is 4.79 Å². The van der Waals surface area contributed by atoms with Gasteiger partial charge in [0.15, 0.2) is 6.61 Å². The Hall–Kier alpha value is -2.49. The van der Waals surface area contributed by atoms with Gasteiger partial charge in [-0.1, -0.05) is 31.2 Å². The van der Waals surface area contributed by atoms with Crippen LogP contribution in [0.5, 0.6) is 11.5 Å². The average molecular weight is 382 g/mol. The minimum absolute atomic E-state index is 0.0645. The Morgan fingerprint density at radius 3 is 2.71 bits per heavy atom. The van der Waals surface area contributed by atoms with E-state index in [0.29, 0.717) is 6.54 Å². The van der Waals surface area contributed by atoms with Crippen LogP contribution in [0.2, 0.25) is 0 Å². The topological polar surface area (TPSA) is 47.6 Å². The van der Waals surface area contributed by atoms with Gasteiger partial charge in [0.05, 0.1) is 6.61 Å². The van der Waals surface area contributed by atoms with Crippen LogP contribution in [0, 0.1) is 0 Å². The quantitative estimate of drug-likeness (QED) is 0.617. The number of rotatable bonds is 10. The van der Waals surface area contributed by atoms with Gasteiger partial charge in [-0.25, -0.2) is 0 Å². The van der Waals surface area contributed by atoms with Crippen molar-refractivity contribution in [3.8, 4) is 11.5 Å². The molecule has 0 fully saturated rings. The Kier molecular flexibility index (Phi) is 7.77. The number of fused-ring (bicyclic) bond motifs is 1. The molecule has 4 nitrogen and oxygen atoms in total. The molecule has 4 heteroatoms. The summed E-state index contributed by atoms with van der Waals surface area (Å²) in [6.45, 7) is 3.53. The fourth-order valence-corrected chi connectivity index (χ4v) is 3.57. The summed E-state index contributed by atoms with van der Waals surface area (Å²) in [4.78, 5) is 12.1. The van der Waals surface area contributed by atoms with E-state index in [1.54, 1.807) is 0 Å². The first-order valence-corrected chi connectivity index (χ1v) is 10.5. The zero-order valence-corrected chi connectivity index (χ0v) is 16.8. The van der Waals surface area contributed by atoms with Crippen LogP contribution in [-0.4, -0.2) is 25.7 Å². The summed E-state index contributed by atoms with van der Waals surface area (Å²) in [6, 6.07) is 14.3. The third-order valence-corrected chi connectivity index (χ3v) is 5.07. The monoisotopic (exact) mass is 381 g/mol. The van der Waals surface area contributed by atoms with Crippen molar-refractivity contribution >= 4 is 5.91 Å². The lowest BCUT2D eigenvalue weighted by molar-refractivity contribution is -0.123. The van der Waals surface area contributed by atoms with Gasteiger partial charge in [0.25, 0.3) is 5.91 Å². The lowest BCUT2D eigenvalue weighted by Crippen LogP contribution is -2.30. The standard InChI is InChI=1S/C24H31NO3/c1-2-16-27-23-12-6-5-9-20(23)11-7-15-25-24(26)18-28-22-14-13-19-8-3-4-10-21(19)17-22/h5-6,9,12-14,17H,2-4,7-8,10-11,15-16,18H2,1H3,(H,25,26). The molecule has 0 radical (unpaired) electrons. The number of hydrogen-bond donors (Lipinski definition) is 1. The van der Waals surface area contributed by atoms with E-state index >= 15 is 0 Å². The summed E-state index contributed by atoms with van der Waals surface area (Å²) in [7, 11) is 0. The average Bonchev–Trinajstić information content (AvgIpc) is 2.74. The van der Waals surface area contributed by atoms with Crippen molar-refractivity contribution < 1.29 is 14.3 Å². The first-order chi connectivity index (χ1) is 13.8. The Labute approximate surface area is 168 Å². The molecular weight excluding hydrogens is 350 g/mol. The van der Waals surface area contributed by atoms with Crippen LogP contribution in [-0.2, 0) is 24.1 Å². The van der Waals surface area contributed by atoms with Crippen molar-refractivity contribution in [3.63, 3.8) is 0 Å². The van der Waals surface area contributed by atoms with Gasteiger partial charge in [0.2, 0.25) is 0 Å². The van der Waals surface area contributed by atoms with E-state index in [4.69, 9.17) is 9.47 Å². The number of benzene rings is 2. The molecule has 0 saturated carbocycles. The van der Waals surface area contributed by atoms with Gasteiger partial charge in [0.1, 0.15) is 11.5 Å². The van der Waals surface area contributed by atoms with Crippen molar-refractivity contribution in [1.29, 1.82) is 0 Å². The highest BCUT2D eigenvalue weighted by Crippen LogP contribution is 2.25. The predicted octanol–water partition coefficient (Wildman–Crippen LogP) is 4.48. The van der Waals surface area contributed by atoms with Crippen LogP contribution in [0.15, 0.2) is 42.5 Å². The third-order valence-electron chi connectivity index (χ3n) is 5.07. The fraction of sp³-hybridized carbons (Fsp3) is 0.458. The molecule has 0 spiro atoms. The van der Waals surface area contributed by atoms with E-state index in [-0.39, 0.29) is 12.5 Å². The summed E-state index contributed by atoms with van der Waals surface area (Å²) in [6.07, 6.45) is 7.52. The summed E-state index contributed by atoms with van der Waals surface area (Å²) in [5.41, 5.74) is 3.98. The molecule has 2 aromatic carbocycles. The van der Waals surface area contributed by atoms with Gasteiger partial charge in [-0.15, -0.1) is 0 Å². The van der Waals surface area contributed by atoms with Crippen LogP contribution in [0.25, 0.3) is 0 Å².